The molecule has 0 saturated carbocycles. The lowest BCUT2D eigenvalue weighted by atomic mass is 9.94. The highest BCUT2D eigenvalue weighted by Crippen LogP contribution is 2.44. The van der Waals surface area contributed by atoms with Crippen molar-refractivity contribution < 1.29 is 14.3 Å². The third-order valence-electron chi connectivity index (χ3n) is 5.10. The molecule has 1 N–H and O–H groups in total. The Morgan fingerprint density at radius 1 is 1.29 bits per heavy atom. The van der Waals surface area contributed by atoms with Gasteiger partial charge >= 0.3 is 0 Å². The summed E-state index contributed by atoms with van der Waals surface area (Å²) < 4.78 is 7.61. The molecule has 1 amide bonds. The summed E-state index contributed by atoms with van der Waals surface area (Å²) >= 11 is 1.65. The van der Waals surface area contributed by atoms with Crippen molar-refractivity contribution in [3.8, 4) is 27.4 Å². The van der Waals surface area contributed by atoms with Crippen molar-refractivity contribution in [1.82, 2.24) is 4.57 Å². The van der Waals surface area contributed by atoms with Gasteiger partial charge in [-0.3, -0.25) is 9.59 Å². The molecule has 0 saturated heterocycles. The van der Waals surface area contributed by atoms with Crippen LogP contribution in [-0.4, -0.2) is 23.9 Å². The zero-order chi connectivity index (χ0) is 19.8. The average molecular weight is 394 g/mol. The van der Waals surface area contributed by atoms with Crippen LogP contribution in [0.5, 0.6) is 5.75 Å². The first-order valence-electron chi connectivity index (χ1n) is 9.28. The molecule has 0 unspecified atom stereocenters. The number of aromatic nitrogens is 1. The fourth-order valence-electron chi connectivity index (χ4n) is 3.64. The first-order chi connectivity index (χ1) is 13.5. The second-order valence-corrected chi connectivity index (χ2v) is 8.13. The Morgan fingerprint density at radius 2 is 2.11 bits per heavy atom. The van der Waals surface area contributed by atoms with Crippen molar-refractivity contribution in [2.24, 2.45) is 5.92 Å². The summed E-state index contributed by atoms with van der Waals surface area (Å²) in [5, 5.41) is 5.01. The molecule has 28 heavy (non-hydrogen) atoms. The quantitative estimate of drug-likeness (QED) is 0.629. The van der Waals surface area contributed by atoms with Crippen molar-refractivity contribution >= 4 is 29.2 Å². The summed E-state index contributed by atoms with van der Waals surface area (Å²) in [5.74, 6) is 0.463. The smallest absolute Gasteiger partial charge is 0.227 e. The molecule has 1 aliphatic heterocycles. The van der Waals surface area contributed by atoms with Gasteiger partial charge < -0.3 is 14.6 Å². The Balaban J connectivity index is 1.91. The molecule has 144 valence electrons. The number of ether oxygens (including phenoxy) is 1. The van der Waals surface area contributed by atoms with Gasteiger partial charge in [-0.05, 0) is 41.6 Å². The van der Waals surface area contributed by atoms with E-state index in [4.69, 9.17) is 4.74 Å². The van der Waals surface area contributed by atoms with E-state index in [1.54, 1.807) is 18.4 Å². The molecule has 0 aliphatic carbocycles. The number of hydrogen-bond donors (Lipinski definition) is 1. The van der Waals surface area contributed by atoms with Crippen LogP contribution >= 0.6 is 11.3 Å². The van der Waals surface area contributed by atoms with Crippen molar-refractivity contribution in [2.45, 2.75) is 26.8 Å². The summed E-state index contributed by atoms with van der Waals surface area (Å²) in [4.78, 5) is 25.1. The SMILES string of the molecule is COc1cc2c(cc1NC(=O)C(C)C)-c1c(-c3cccs3)cc(C=O)n1CC2. The van der Waals surface area contributed by atoms with Crippen LogP contribution in [0.15, 0.2) is 35.7 Å². The highest BCUT2D eigenvalue weighted by atomic mass is 32.1. The first kappa shape index (κ1) is 18.5. The molecular weight excluding hydrogens is 372 g/mol. The molecule has 0 atom stereocenters. The van der Waals surface area contributed by atoms with Gasteiger partial charge in [0.25, 0.3) is 0 Å². The lowest BCUT2D eigenvalue weighted by molar-refractivity contribution is -0.118. The number of carbonyl (C=O) groups is 2. The second kappa shape index (κ2) is 7.28. The van der Waals surface area contributed by atoms with E-state index in [1.807, 2.05) is 43.5 Å². The first-order valence-corrected chi connectivity index (χ1v) is 10.2. The van der Waals surface area contributed by atoms with Crippen LogP contribution in [-0.2, 0) is 17.8 Å². The van der Waals surface area contributed by atoms with Gasteiger partial charge in [0.05, 0.1) is 24.2 Å². The van der Waals surface area contributed by atoms with Gasteiger partial charge in [0.1, 0.15) is 5.75 Å². The minimum absolute atomic E-state index is 0.0588. The Hall–Kier alpha value is -2.86. The fourth-order valence-corrected chi connectivity index (χ4v) is 4.39. The normalized spacial score (nSPS) is 12.4. The van der Waals surface area contributed by atoms with E-state index in [1.165, 1.54) is 0 Å². The summed E-state index contributed by atoms with van der Waals surface area (Å²) in [6.45, 7) is 4.45. The van der Waals surface area contributed by atoms with Crippen molar-refractivity contribution in [1.29, 1.82) is 0 Å². The Labute approximate surface area is 168 Å². The molecule has 6 heteroatoms. The van der Waals surface area contributed by atoms with Gasteiger partial charge in [0.15, 0.2) is 6.29 Å². The number of rotatable bonds is 5. The minimum atomic E-state index is -0.132. The van der Waals surface area contributed by atoms with Crippen LogP contribution in [0, 0.1) is 5.92 Å². The van der Waals surface area contributed by atoms with E-state index in [0.717, 1.165) is 46.5 Å². The van der Waals surface area contributed by atoms with Crippen LogP contribution in [0.25, 0.3) is 21.7 Å². The molecule has 4 rings (SSSR count). The Morgan fingerprint density at radius 3 is 2.75 bits per heavy atom. The molecule has 0 spiro atoms. The highest BCUT2D eigenvalue weighted by Gasteiger charge is 2.26. The van der Waals surface area contributed by atoms with Gasteiger partial charge in [0, 0.05) is 28.5 Å². The maximum atomic E-state index is 12.3. The number of aldehydes is 1. The lowest BCUT2D eigenvalue weighted by Crippen LogP contribution is -2.19. The number of hydrogen-bond acceptors (Lipinski definition) is 4. The molecule has 1 aliphatic rings. The minimum Gasteiger partial charge on any atom is -0.495 e. The summed E-state index contributed by atoms with van der Waals surface area (Å²) in [6.07, 6.45) is 1.72. The summed E-state index contributed by atoms with van der Waals surface area (Å²) in [6, 6.07) is 10.0. The molecule has 0 fully saturated rings. The number of methoxy groups -OCH3 is 1. The third kappa shape index (κ3) is 3.03. The molecule has 0 radical (unpaired) electrons. The van der Waals surface area contributed by atoms with E-state index >= 15 is 0 Å². The zero-order valence-corrected chi connectivity index (χ0v) is 16.9. The van der Waals surface area contributed by atoms with Crippen LogP contribution in [0.3, 0.4) is 0 Å². The van der Waals surface area contributed by atoms with E-state index in [9.17, 15) is 9.59 Å². The fraction of sp³-hybridized carbons (Fsp3) is 0.273. The van der Waals surface area contributed by atoms with Crippen molar-refractivity contribution in [3.05, 3.63) is 47.0 Å². The van der Waals surface area contributed by atoms with Crippen LogP contribution in [0.2, 0.25) is 0 Å². The van der Waals surface area contributed by atoms with Crippen molar-refractivity contribution in [3.63, 3.8) is 0 Å². The number of nitrogens with one attached hydrogen (secondary N) is 1. The van der Waals surface area contributed by atoms with E-state index < -0.39 is 0 Å². The standard InChI is InChI=1S/C22H22N2O3S/c1-13(2)22(26)23-18-11-16-14(9-19(18)27-3)6-7-24-15(12-25)10-17(21(16)24)20-5-4-8-28-20/h4-5,8-13H,6-7H2,1-3H3,(H,23,26). The van der Waals surface area contributed by atoms with E-state index in [2.05, 4.69) is 16.0 Å². The van der Waals surface area contributed by atoms with Crippen LogP contribution < -0.4 is 10.1 Å². The van der Waals surface area contributed by atoms with Crippen molar-refractivity contribution in [2.75, 3.05) is 12.4 Å². The number of nitrogens with zero attached hydrogens (tertiary/aromatic N) is 1. The molecule has 3 aromatic rings. The van der Waals surface area contributed by atoms with Crippen LogP contribution in [0.4, 0.5) is 5.69 Å². The number of benzene rings is 1. The molecular formula is C22H22N2O3S. The number of aryl methyl sites for hydroxylation is 1. The van der Waals surface area contributed by atoms with Gasteiger partial charge in [-0.15, -0.1) is 11.3 Å². The predicted octanol–water partition coefficient (Wildman–Crippen LogP) is 4.86. The average Bonchev–Trinajstić information content (AvgIpc) is 3.34. The number of thiophene rings is 1. The van der Waals surface area contributed by atoms with Gasteiger partial charge in [0.2, 0.25) is 5.91 Å². The third-order valence-corrected chi connectivity index (χ3v) is 6.01. The molecule has 5 nitrogen and oxygen atoms in total. The molecule has 1 aromatic carbocycles. The number of fused-ring (bicyclic) bond motifs is 3. The second-order valence-electron chi connectivity index (χ2n) is 7.18. The number of anilines is 1. The maximum Gasteiger partial charge on any atom is 0.227 e. The van der Waals surface area contributed by atoms with Gasteiger partial charge in [-0.25, -0.2) is 0 Å². The monoisotopic (exact) mass is 394 g/mol. The topological polar surface area (TPSA) is 60.3 Å². The van der Waals surface area contributed by atoms with Crippen LogP contribution in [0.1, 0.15) is 29.9 Å². The predicted molar refractivity (Wildman–Crippen MR) is 112 cm³/mol. The van der Waals surface area contributed by atoms with E-state index in [0.29, 0.717) is 17.1 Å². The molecule has 3 heterocycles. The molecule has 0 bridgehead atoms. The van der Waals surface area contributed by atoms with Gasteiger partial charge in [-0.1, -0.05) is 19.9 Å². The summed E-state index contributed by atoms with van der Waals surface area (Å²) in [5.41, 5.74) is 5.58. The zero-order valence-electron chi connectivity index (χ0n) is 16.1. The largest absolute Gasteiger partial charge is 0.495 e. The Kier molecular flexibility index (Phi) is 4.81. The lowest BCUT2D eigenvalue weighted by Gasteiger charge is -2.24. The van der Waals surface area contributed by atoms with E-state index in [-0.39, 0.29) is 11.8 Å². The summed E-state index contributed by atoms with van der Waals surface area (Å²) in [7, 11) is 1.61. The highest BCUT2D eigenvalue weighted by molar-refractivity contribution is 7.13. The Bertz CT molecular complexity index is 1050. The number of carbonyl (C=O) groups excluding carboxylic acids is 2. The van der Waals surface area contributed by atoms with Gasteiger partial charge in [-0.2, -0.15) is 0 Å². The number of amides is 1. The maximum absolute atomic E-state index is 12.3. The molecule has 2 aromatic heterocycles.